The molecule has 0 amide bonds. The van der Waals surface area contributed by atoms with Gasteiger partial charge in [-0.25, -0.2) is 0 Å². The zero-order chi connectivity index (χ0) is 9.14. The van der Waals surface area contributed by atoms with E-state index in [9.17, 15) is 0 Å². The minimum atomic E-state index is -1.46. The van der Waals surface area contributed by atoms with Gasteiger partial charge in [0.15, 0.2) is 0 Å². The Hall–Kier alpha value is -0.385. The predicted molar refractivity (Wildman–Crippen MR) is 51.1 cm³/mol. The highest BCUT2D eigenvalue weighted by atomic mass is 79.9. The largest absolute Gasteiger partial charge is 0.491 e. The fraction of sp³-hybridized carbons (Fsp3) is 0.286. The van der Waals surface area contributed by atoms with E-state index in [1.165, 1.54) is 6.20 Å². The molecule has 0 unspecified atom stereocenters. The second-order valence-corrected chi connectivity index (χ2v) is 3.28. The summed E-state index contributed by atoms with van der Waals surface area (Å²) in [6.45, 7) is 1.99. The van der Waals surface area contributed by atoms with E-state index in [-0.39, 0.29) is 0 Å². The summed E-state index contributed by atoms with van der Waals surface area (Å²) in [7, 11) is -1.46. The third-order valence-electron chi connectivity index (χ3n) is 1.58. The van der Waals surface area contributed by atoms with Crippen molar-refractivity contribution in [3.63, 3.8) is 0 Å². The molecule has 0 saturated heterocycles. The lowest BCUT2D eigenvalue weighted by Gasteiger charge is -2.03. The Bertz CT molecular complexity index is 280. The van der Waals surface area contributed by atoms with Crippen LogP contribution in [0, 0.1) is 0 Å². The highest BCUT2D eigenvalue weighted by Gasteiger charge is 2.15. The summed E-state index contributed by atoms with van der Waals surface area (Å²) in [5, 5.41) is 17.7. The van der Waals surface area contributed by atoms with E-state index in [1.807, 2.05) is 6.92 Å². The van der Waals surface area contributed by atoms with Crippen LogP contribution in [0.25, 0.3) is 0 Å². The normalized spacial score (nSPS) is 10.0. The molecule has 0 saturated carbocycles. The van der Waals surface area contributed by atoms with Gasteiger partial charge in [0.25, 0.3) is 0 Å². The molecule has 2 N–H and O–H groups in total. The summed E-state index contributed by atoms with van der Waals surface area (Å²) in [6, 6.07) is 1.79. The first-order valence-corrected chi connectivity index (χ1v) is 4.45. The minimum Gasteiger partial charge on any atom is -0.423 e. The number of nitrogens with zero attached hydrogens (tertiary/aromatic N) is 1. The summed E-state index contributed by atoms with van der Waals surface area (Å²) >= 11 is 3.23. The Kier molecular flexibility index (Phi) is 3.25. The molecule has 0 fully saturated rings. The topological polar surface area (TPSA) is 53.4 Å². The van der Waals surface area contributed by atoms with Crippen LogP contribution < -0.4 is 5.46 Å². The zero-order valence-electron chi connectivity index (χ0n) is 6.66. The van der Waals surface area contributed by atoms with Gasteiger partial charge in [-0.15, -0.1) is 0 Å². The maximum atomic E-state index is 8.85. The van der Waals surface area contributed by atoms with E-state index >= 15 is 0 Å². The maximum Gasteiger partial charge on any atom is 0.491 e. The van der Waals surface area contributed by atoms with E-state index in [4.69, 9.17) is 10.0 Å². The molecule has 1 heterocycles. The van der Waals surface area contributed by atoms with Gasteiger partial charge in [0.05, 0.1) is 0 Å². The standard InChI is InChI=1S/C7H9BBrNO2/c1-2-5-3-7(9)6(4-10-5)8(11)12/h3-4,11-12H,2H2,1H3. The molecule has 5 heteroatoms. The van der Waals surface area contributed by atoms with Gasteiger partial charge >= 0.3 is 7.12 Å². The summed E-state index contributed by atoms with van der Waals surface area (Å²) in [5.74, 6) is 0. The van der Waals surface area contributed by atoms with Gasteiger partial charge in [-0.3, -0.25) is 4.98 Å². The molecule has 1 aromatic heterocycles. The van der Waals surface area contributed by atoms with Crippen molar-refractivity contribution >= 4 is 28.5 Å². The van der Waals surface area contributed by atoms with Crippen LogP contribution >= 0.6 is 15.9 Å². The van der Waals surface area contributed by atoms with Crippen molar-refractivity contribution in [3.05, 3.63) is 22.4 Å². The van der Waals surface area contributed by atoms with Gasteiger partial charge in [0, 0.05) is 21.8 Å². The Balaban J connectivity index is 3.03. The second kappa shape index (κ2) is 4.02. The number of hydrogen-bond donors (Lipinski definition) is 2. The highest BCUT2D eigenvalue weighted by molar-refractivity contribution is 9.10. The molecule has 12 heavy (non-hydrogen) atoms. The minimum absolute atomic E-state index is 0.396. The van der Waals surface area contributed by atoms with Crippen molar-refractivity contribution in [2.24, 2.45) is 0 Å². The van der Waals surface area contributed by atoms with E-state index in [2.05, 4.69) is 20.9 Å². The lowest BCUT2D eigenvalue weighted by atomic mass is 9.81. The zero-order valence-corrected chi connectivity index (χ0v) is 8.24. The smallest absolute Gasteiger partial charge is 0.423 e. The van der Waals surface area contributed by atoms with Gasteiger partial charge in [-0.2, -0.15) is 0 Å². The summed E-state index contributed by atoms with van der Waals surface area (Å²) in [6.07, 6.45) is 2.30. The molecule has 0 bridgehead atoms. The average Bonchev–Trinajstić information content (AvgIpc) is 2.03. The van der Waals surface area contributed by atoms with E-state index < -0.39 is 7.12 Å². The first kappa shape index (κ1) is 9.70. The molecule has 0 aliphatic heterocycles. The molecule has 0 atom stereocenters. The van der Waals surface area contributed by atoms with Crippen LogP contribution in [0.15, 0.2) is 16.7 Å². The molecule has 1 aromatic rings. The van der Waals surface area contributed by atoms with E-state index in [1.54, 1.807) is 6.07 Å². The molecule has 0 aliphatic carbocycles. The molecule has 3 nitrogen and oxygen atoms in total. The number of aromatic nitrogens is 1. The van der Waals surface area contributed by atoms with Gasteiger partial charge in [0.2, 0.25) is 0 Å². The molecule has 64 valence electrons. The van der Waals surface area contributed by atoms with Gasteiger partial charge in [-0.1, -0.05) is 22.9 Å². The summed E-state index contributed by atoms with van der Waals surface area (Å²) in [5.41, 5.74) is 1.32. The van der Waals surface area contributed by atoms with E-state index in [0.29, 0.717) is 9.94 Å². The van der Waals surface area contributed by atoms with Crippen LogP contribution in [0.2, 0.25) is 0 Å². The SMILES string of the molecule is CCc1cc(Br)c(B(O)O)cn1. The quantitative estimate of drug-likeness (QED) is 0.707. The molecule has 0 aromatic carbocycles. The third kappa shape index (κ3) is 2.06. The molecular weight excluding hydrogens is 221 g/mol. The molecule has 1 rings (SSSR count). The van der Waals surface area contributed by atoms with Crippen molar-refractivity contribution in [1.29, 1.82) is 0 Å². The molecule has 0 aliphatic rings. The third-order valence-corrected chi connectivity index (χ3v) is 2.27. The van der Waals surface area contributed by atoms with Crippen molar-refractivity contribution in [1.82, 2.24) is 4.98 Å². The van der Waals surface area contributed by atoms with Crippen molar-refractivity contribution in [3.8, 4) is 0 Å². The highest BCUT2D eigenvalue weighted by Crippen LogP contribution is 2.08. The van der Waals surface area contributed by atoms with Crippen LogP contribution in [0.3, 0.4) is 0 Å². The first-order valence-electron chi connectivity index (χ1n) is 3.65. The van der Waals surface area contributed by atoms with Crippen LogP contribution in [0.1, 0.15) is 12.6 Å². The lowest BCUT2D eigenvalue weighted by molar-refractivity contribution is 0.425. The number of pyridine rings is 1. The molecule has 0 spiro atoms. The van der Waals surface area contributed by atoms with Crippen LogP contribution in [0.4, 0.5) is 0 Å². The fourth-order valence-electron chi connectivity index (χ4n) is 0.864. The molecule has 0 radical (unpaired) electrons. The van der Waals surface area contributed by atoms with Gasteiger partial charge in [0.1, 0.15) is 0 Å². The fourth-order valence-corrected chi connectivity index (χ4v) is 1.44. The summed E-state index contributed by atoms with van der Waals surface area (Å²) in [4.78, 5) is 4.03. The Morgan fingerprint density at radius 1 is 1.58 bits per heavy atom. The number of aryl methyl sites for hydroxylation is 1. The number of rotatable bonds is 2. The first-order chi connectivity index (χ1) is 5.65. The van der Waals surface area contributed by atoms with Crippen LogP contribution in [-0.4, -0.2) is 22.2 Å². The monoisotopic (exact) mass is 229 g/mol. The average molecular weight is 230 g/mol. The lowest BCUT2D eigenvalue weighted by Crippen LogP contribution is -2.31. The van der Waals surface area contributed by atoms with Gasteiger partial charge in [-0.05, 0) is 12.5 Å². The van der Waals surface area contributed by atoms with Crippen LogP contribution in [0.5, 0.6) is 0 Å². The van der Waals surface area contributed by atoms with Crippen LogP contribution in [-0.2, 0) is 6.42 Å². The van der Waals surface area contributed by atoms with Crippen molar-refractivity contribution in [2.45, 2.75) is 13.3 Å². The van der Waals surface area contributed by atoms with Crippen molar-refractivity contribution < 1.29 is 10.0 Å². The molecular formula is C7H9BBrNO2. The Labute approximate surface area is 79.7 Å². The maximum absolute atomic E-state index is 8.85. The van der Waals surface area contributed by atoms with E-state index in [0.717, 1.165) is 12.1 Å². The van der Waals surface area contributed by atoms with Crippen molar-refractivity contribution in [2.75, 3.05) is 0 Å². The Morgan fingerprint density at radius 3 is 2.67 bits per heavy atom. The number of halogens is 1. The summed E-state index contributed by atoms with van der Waals surface area (Å²) < 4.78 is 0.685. The van der Waals surface area contributed by atoms with Gasteiger partial charge < -0.3 is 10.0 Å². The second-order valence-electron chi connectivity index (χ2n) is 2.42. The number of hydrogen-bond acceptors (Lipinski definition) is 3. The predicted octanol–water partition coefficient (Wildman–Crippen LogP) is 0.0863. The Morgan fingerprint density at radius 2 is 2.25 bits per heavy atom.